The zero-order valence-corrected chi connectivity index (χ0v) is 16.2. The molecule has 1 amide bonds. The van der Waals surface area contributed by atoms with Gasteiger partial charge in [0.2, 0.25) is 5.91 Å². The van der Waals surface area contributed by atoms with Gasteiger partial charge in [-0.1, -0.05) is 24.6 Å². The van der Waals surface area contributed by atoms with E-state index in [9.17, 15) is 13.2 Å². The summed E-state index contributed by atoms with van der Waals surface area (Å²) in [6, 6.07) is 10.7. The van der Waals surface area contributed by atoms with E-state index in [2.05, 4.69) is 4.72 Å². The summed E-state index contributed by atoms with van der Waals surface area (Å²) in [5.74, 6) is 0.0922. The molecule has 26 heavy (non-hydrogen) atoms. The van der Waals surface area contributed by atoms with Crippen molar-refractivity contribution in [2.75, 3.05) is 16.2 Å². The first-order valence-electron chi connectivity index (χ1n) is 8.85. The average Bonchev–Trinajstić information content (AvgIpc) is 2.59. The molecule has 1 aliphatic heterocycles. The molecule has 0 bridgehead atoms. The minimum absolute atomic E-state index is 0.0922. The normalized spacial score (nSPS) is 14.0. The predicted molar refractivity (Wildman–Crippen MR) is 104 cm³/mol. The van der Waals surface area contributed by atoms with Crippen molar-refractivity contribution in [3.8, 4) is 0 Å². The van der Waals surface area contributed by atoms with Crippen LogP contribution in [0.1, 0.15) is 36.5 Å². The van der Waals surface area contributed by atoms with Crippen molar-refractivity contribution >= 4 is 27.3 Å². The van der Waals surface area contributed by atoms with Crippen LogP contribution in [0.3, 0.4) is 0 Å². The molecule has 3 rings (SSSR count). The minimum Gasteiger partial charge on any atom is -0.312 e. The fraction of sp³-hybridized carbons (Fsp3) is 0.350. The van der Waals surface area contributed by atoms with Gasteiger partial charge >= 0.3 is 0 Å². The van der Waals surface area contributed by atoms with Crippen LogP contribution in [0.5, 0.6) is 0 Å². The minimum atomic E-state index is -3.65. The first-order valence-corrected chi connectivity index (χ1v) is 10.3. The van der Waals surface area contributed by atoms with E-state index in [0.29, 0.717) is 18.7 Å². The van der Waals surface area contributed by atoms with Crippen LogP contribution >= 0.6 is 0 Å². The standard InChI is InChI=1S/C20H24N2O3S/c1-4-20(23)22-11-5-6-16-13-17(8-9-18(16)22)21-26(24,25)19-10-7-14(2)12-15(19)3/h7-10,12-13,21H,4-6,11H2,1-3H3. The zero-order chi connectivity index (χ0) is 18.9. The number of benzene rings is 2. The van der Waals surface area contributed by atoms with E-state index in [-0.39, 0.29) is 10.8 Å². The topological polar surface area (TPSA) is 66.5 Å². The summed E-state index contributed by atoms with van der Waals surface area (Å²) < 4.78 is 28.2. The van der Waals surface area contributed by atoms with Crippen LogP contribution in [0.25, 0.3) is 0 Å². The Morgan fingerprint density at radius 1 is 1.15 bits per heavy atom. The fourth-order valence-electron chi connectivity index (χ4n) is 3.42. The van der Waals surface area contributed by atoms with Gasteiger partial charge in [-0.05, 0) is 62.1 Å². The van der Waals surface area contributed by atoms with Gasteiger partial charge in [0, 0.05) is 24.3 Å². The molecule has 0 atom stereocenters. The highest BCUT2D eigenvalue weighted by Gasteiger charge is 2.23. The van der Waals surface area contributed by atoms with Gasteiger partial charge in [0.05, 0.1) is 4.90 Å². The summed E-state index contributed by atoms with van der Waals surface area (Å²) in [7, 11) is -3.65. The SMILES string of the molecule is CCC(=O)N1CCCc2cc(NS(=O)(=O)c3ccc(C)cc3C)ccc21. The second kappa shape index (κ2) is 7.11. The molecule has 138 valence electrons. The molecule has 5 nitrogen and oxygen atoms in total. The van der Waals surface area contributed by atoms with Crippen LogP contribution < -0.4 is 9.62 Å². The number of carbonyl (C=O) groups is 1. The number of rotatable bonds is 4. The molecule has 0 saturated carbocycles. The molecule has 1 heterocycles. The summed E-state index contributed by atoms with van der Waals surface area (Å²) in [4.78, 5) is 14.2. The lowest BCUT2D eigenvalue weighted by Gasteiger charge is -2.29. The quantitative estimate of drug-likeness (QED) is 0.888. The lowest BCUT2D eigenvalue weighted by molar-refractivity contribution is -0.118. The Bertz CT molecular complexity index is 952. The number of carbonyl (C=O) groups excluding carboxylic acids is 1. The second-order valence-corrected chi connectivity index (χ2v) is 8.37. The van der Waals surface area contributed by atoms with Gasteiger partial charge in [-0.25, -0.2) is 8.42 Å². The molecule has 0 fully saturated rings. The van der Waals surface area contributed by atoms with E-state index in [1.54, 1.807) is 30.0 Å². The largest absolute Gasteiger partial charge is 0.312 e. The van der Waals surface area contributed by atoms with E-state index < -0.39 is 10.0 Å². The van der Waals surface area contributed by atoms with Crippen LogP contribution in [-0.4, -0.2) is 20.9 Å². The first kappa shape index (κ1) is 18.5. The molecule has 6 heteroatoms. The van der Waals surface area contributed by atoms with Crippen molar-refractivity contribution in [3.63, 3.8) is 0 Å². The molecule has 1 aliphatic rings. The Morgan fingerprint density at radius 2 is 1.92 bits per heavy atom. The lowest BCUT2D eigenvalue weighted by Crippen LogP contribution is -2.34. The number of fused-ring (bicyclic) bond motifs is 1. The molecule has 1 N–H and O–H groups in total. The molecule has 2 aromatic rings. The van der Waals surface area contributed by atoms with Crippen LogP contribution in [0, 0.1) is 13.8 Å². The highest BCUT2D eigenvalue weighted by atomic mass is 32.2. The van der Waals surface area contributed by atoms with Crippen molar-refractivity contribution in [2.24, 2.45) is 0 Å². The Balaban J connectivity index is 1.90. The summed E-state index contributed by atoms with van der Waals surface area (Å²) in [6.07, 6.45) is 2.18. The second-order valence-electron chi connectivity index (χ2n) is 6.72. The van der Waals surface area contributed by atoms with Crippen molar-refractivity contribution in [1.29, 1.82) is 0 Å². The Labute approximate surface area is 155 Å². The monoisotopic (exact) mass is 372 g/mol. The summed E-state index contributed by atoms with van der Waals surface area (Å²) in [5.41, 5.74) is 4.15. The van der Waals surface area contributed by atoms with Crippen molar-refractivity contribution in [3.05, 3.63) is 53.1 Å². The van der Waals surface area contributed by atoms with Gasteiger partial charge in [0.1, 0.15) is 0 Å². The Kier molecular flexibility index (Phi) is 5.05. The summed E-state index contributed by atoms with van der Waals surface area (Å²) in [5, 5.41) is 0. The van der Waals surface area contributed by atoms with Crippen LogP contribution in [0.15, 0.2) is 41.3 Å². The Hall–Kier alpha value is -2.34. The lowest BCUT2D eigenvalue weighted by atomic mass is 10.0. The molecule has 0 aromatic heterocycles. The van der Waals surface area contributed by atoms with Crippen LogP contribution in [0.2, 0.25) is 0 Å². The molecule has 0 unspecified atom stereocenters. The number of hydrogen-bond acceptors (Lipinski definition) is 3. The highest BCUT2D eigenvalue weighted by Crippen LogP contribution is 2.31. The van der Waals surface area contributed by atoms with E-state index in [0.717, 1.165) is 35.2 Å². The highest BCUT2D eigenvalue weighted by molar-refractivity contribution is 7.92. The number of amides is 1. The smallest absolute Gasteiger partial charge is 0.262 e. The van der Waals surface area contributed by atoms with Crippen molar-refractivity contribution in [1.82, 2.24) is 0 Å². The third-order valence-electron chi connectivity index (χ3n) is 4.67. The van der Waals surface area contributed by atoms with Gasteiger partial charge in [0.25, 0.3) is 10.0 Å². The van der Waals surface area contributed by atoms with Gasteiger partial charge in [0.15, 0.2) is 0 Å². The number of hydrogen-bond donors (Lipinski definition) is 1. The average molecular weight is 372 g/mol. The zero-order valence-electron chi connectivity index (χ0n) is 15.4. The van der Waals surface area contributed by atoms with Gasteiger partial charge in [-0.3, -0.25) is 9.52 Å². The van der Waals surface area contributed by atoms with Crippen molar-refractivity contribution < 1.29 is 13.2 Å². The summed E-state index contributed by atoms with van der Waals surface area (Å²) >= 11 is 0. The first-order chi connectivity index (χ1) is 12.3. The third-order valence-corrected chi connectivity index (χ3v) is 6.22. The maximum atomic E-state index is 12.7. The number of nitrogens with one attached hydrogen (secondary N) is 1. The predicted octanol–water partition coefficient (Wildman–Crippen LogP) is 3.79. The van der Waals surface area contributed by atoms with Crippen LogP contribution in [-0.2, 0) is 21.2 Å². The maximum Gasteiger partial charge on any atom is 0.262 e. The molecule has 2 aromatic carbocycles. The molecular formula is C20H24N2O3S. The van der Waals surface area contributed by atoms with Crippen LogP contribution in [0.4, 0.5) is 11.4 Å². The van der Waals surface area contributed by atoms with E-state index >= 15 is 0 Å². The van der Waals surface area contributed by atoms with Gasteiger partial charge in [-0.15, -0.1) is 0 Å². The molecule has 0 saturated heterocycles. The molecule has 0 radical (unpaired) electrons. The Morgan fingerprint density at radius 3 is 2.62 bits per heavy atom. The molecular weight excluding hydrogens is 348 g/mol. The number of aryl methyl sites for hydroxylation is 3. The fourth-order valence-corrected chi connectivity index (χ4v) is 4.70. The summed E-state index contributed by atoms with van der Waals surface area (Å²) in [6.45, 7) is 6.29. The van der Waals surface area contributed by atoms with Gasteiger partial charge < -0.3 is 4.90 Å². The van der Waals surface area contributed by atoms with Gasteiger partial charge in [-0.2, -0.15) is 0 Å². The van der Waals surface area contributed by atoms with E-state index in [4.69, 9.17) is 0 Å². The third kappa shape index (κ3) is 3.60. The maximum absolute atomic E-state index is 12.7. The van der Waals surface area contributed by atoms with E-state index in [1.165, 1.54) is 0 Å². The number of sulfonamides is 1. The number of anilines is 2. The molecule has 0 spiro atoms. The van der Waals surface area contributed by atoms with E-state index in [1.807, 2.05) is 32.0 Å². The number of nitrogens with zero attached hydrogens (tertiary/aromatic N) is 1. The van der Waals surface area contributed by atoms with Crippen molar-refractivity contribution in [2.45, 2.75) is 44.9 Å². The molecule has 0 aliphatic carbocycles.